The molecule has 0 aliphatic carbocycles. The maximum atomic E-state index is 13.6. The van der Waals surface area contributed by atoms with E-state index in [1.165, 1.54) is 30.6 Å². The summed E-state index contributed by atoms with van der Waals surface area (Å²) in [4.78, 5) is 35.6. The van der Waals surface area contributed by atoms with Crippen LogP contribution in [0.1, 0.15) is 55.7 Å². The van der Waals surface area contributed by atoms with Gasteiger partial charge in [0.1, 0.15) is 27.8 Å². The standard InChI is InChI=1S/C24H28FN5O4S/c1-24(2,3)34-23(32)30-11-9-15(10-12-30)20-18(22-26-17(13-35-22)21(31)29-33-4)19(27-28-20)14-5-7-16(25)8-6-14/h5-8,13,15H,9-12H2,1-4H3,(H,27,28)(H,29,31). The number of amides is 2. The Morgan fingerprint density at radius 1 is 1.20 bits per heavy atom. The van der Waals surface area contributed by atoms with Crippen molar-refractivity contribution < 1.29 is 23.6 Å². The summed E-state index contributed by atoms with van der Waals surface area (Å²) in [5, 5.41) is 9.98. The van der Waals surface area contributed by atoms with Crippen LogP contribution in [0.5, 0.6) is 0 Å². The van der Waals surface area contributed by atoms with Gasteiger partial charge in [0.15, 0.2) is 0 Å². The lowest BCUT2D eigenvalue weighted by Gasteiger charge is -2.33. The van der Waals surface area contributed by atoms with E-state index >= 15 is 0 Å². The first-order valence-electron chi connectivity index (χ1n) is 11.3. The summed E-state index contributed by atoms with van der Waals surface area (Å²) in [5.41, 5.74) is 4.95. The molecule has 0 saturated carbocycles. The zero-order chi connectivity index (χ0) is 25.2. The quantitative estimate of drug-likeness (QED) is 0.489. The number of carbonyl (C=O) groups is 2. The van der Waals surface area contributed by atoms with Crippen molar-refractivity contribution in [3.8, 4) is 21.8 Å². The molecular formula is C24H28FN5O4S. The van der Waals surface area contributed by atoms with Crippen molar-refractivity contribution in [2.24, 2.45) is 0 Å². The third-order valence-electron chi connectivity index (χ3n) is 5.61. The molecule has 2 N–H and O–H groups in total. The Kier molecular flexibility index (Phi) is 7.18. The molecule has 186 valence electrons. The molecule has 1 aliphatic rings. The maximum absolute atomic E-state index is 13.6. The van der Waals surface area contributed by atoms with Gasteiger partial charge in [-0.05, 0) is 57.9 Å². The van der Waals surface area contributed by atoms with Gasteiger partial charge in [0.2, 0.25) is 0 Å². The second-order valence-electron chi connectivity index (χ2n) is 9.28. The number of H-pyrrole nitrogens is 1. The van der Waals surface area contributed by atoms with Gasteiger partial charge < -0.3 is 9.64 Å². The number of aromatic amines is 1. The lowest BCUT2D eigenvalue weighted by molar-refractivity contribution is 0.0204. The summed E-state index contributed by atoms with van der Waals surface area (Å²) < 4.78 is 19.1. The van der Waals surface area contributed by atoms with Crippen LogP contribution in [-0.4, -0.2) is 57.9 Å². The van der Waals surface area contributed by atoms with E-state index in [0.717, 1.165) is 16.8 Å². The molecule has 9 nitrogen and oxygen atoms in total. The van der Waals surface area contributed by atoms with Crippen molar-refractivity contribution in [1.82, 2.24) is 25.6 Å². The lowest BCUT2D eigenvalue weighted by Crippen LogP contribution is -2.41. The Bertz CT molecular complexity index is 1190. The molecule has 3 aromatic rings. The number of rotatable bonds is 5. The highest BCUT2D eigenvalue weighted by molar-refractivity contribution is 7.13. The second-order valence-corrected chi connectivity index (χ2v) is 10.1. The van der Waals surface area contributed by atoms with Crippen LogP contribution in [0.4, 0.5) is 9.18 Å². The van der Waals surface area contributed by atoms with E-state index in [4.69, 9.17) is 9.57 Å². The molecule has 0 atom stereocenters. The molecule has 1 fully saturated rings. The van der Waals surface area contributed by atoms with Gasteiger partial charge in [0, 0.05) is 35.6 Å². The third kappa shape index (κ3) is 5.68. The van der Waals surface area contributed by atoms with Crippen molar-refractivity contribution >= 4 is 23.3 Å². The van der Waals surface area contributed by atoms with Crippen molar-refractivity contribution in [3.63, 3.8) is 0 Å². The number of nitrogens with one attached hydrogen (secondary N) is 2. The number of benzene rings is 1. The molecule has 0 spiro atoms. The molecule has 0 unspecified atom stereocenters. The fraction of sp³-hybridized carbons (Fsp3) is 0.417. The maximum Gasteiger partial charge on any atom is 0.410 e. The van der Waals surface area contributed by atoms with Gasteiger partial charge >= 0.3 is 6.09 Å². The van der Waals surface area contributed by atoms with E-state index in [1.807, 2.05) is 20.8 Å². The van der Waals surface area contributed by atoms with Crippen molar-refractivity contribution in [2.45, 2.75) is 45.1 Å². The predicted molar refractivity (Wildman–Crippen MR) is 129 cm³/mol. The number of hydroxylamine groups is 1. The molecule has 11 heteroatoms. The molecule has 1 saturated heterocycles. The number of aromatic nitrogens is 3. The van der Waals surface area contributed by atoms with Crippen molar-refractivity contribution in [2.75, 3.05) is 20.2 Å². The number of thiazole rings is 1. The number of ether oxygens (including phenoxy) is 1. The summed E-state index contributed by atoms with van der Waals surface area (Å²) >= 11 is 1.32. The number of nitrogens with zero attached hydrogens (tertiary/aromatic N) is 3. The molecule has 0 radical (unpaired) electrons. The number of piperidine rings is 1. The van der Waals surface area contributed by atoms with Gasteiger partial charge in [-0.2, -0.15) is 5.10 Å². The minimum atomic E-state index is -0.549. The Morgan fingerprint density at radius 3 is 2.51 bits per heavy atom. The minimum Gasteiger partial charge on any atom is -0.444 e. The number of likely N-dealkylation sites (tertiary alicyclic amines) is 1. The minimum absolute atomic E-state index is 0.0885. The van der Waals surface area contributed by atoms with Crippen LogP contribution in [0.3, 0.4) is 0 Å². The second kappa shape index (κ2) is 10.1. The van der Waals surface area contributed by atoms with E-state index in [-0.39, 0.29) is 23.5 Å². The Morgan fingerprint density at radius 2 is 1.89 bits per heavy atom. The van der Waals surface area contributed by atoms with Crippen LogP contribution in [0.2, 0.25) is 0 Å². The third-order valence-corrected chi connectivity index (χ3v) is 6.47. The first-order chi connectivity index (χ1) is 16.7. The van der Waals surface area contributed by atoms with Gasteiger partial charge in [-0.1, -0.05) is 0 Å². The molecule has 35 heavy (non-hydrogen) atoms. The highest BCUT2D eigenvalue weighted by Crippen LogP contribution is 2.41. The van der Waals surface area contributed by atoms with E-state index < -0.39 is 11.5 Å². The van der Waals surface area contributed by atoms with Gasteiger partial charge in [0.05, 0.1) is 12.7 Å². The van der Waals surface area contributed by atoms with Crippen LogP contribution in [0.15, 0.2) is 29.6 Å². The van der Waals surface area contributed by atoms with Gasteiger partial charge in [-0.15, -0.1) is 11.3 Å². The molecule has 0 bridgehead atoms. The predicted octanol–water partition coefficient (Wildman–Crippen LogP) is 4.75. The monoisotopic (exact) mass is 501 g/mol. The molecule has 1 aliphatic heterocycles. The van der Waals surface area contributed by atoms with Gasteiger partial charge in [-0.3, -0.25) is 14.7 Å². The summed E-state index contributed by atoms with van der Waals surface area (Å²) in [6.45, 7) is 6.63. The van der Waals surface area contributed by atoms with Crippen LogP contribution in [0.25, 0.3) is 21.8 Å². The number of hydrogen-bond donors (Lipinski definition) is 2. The Labute approximate surface area is 206 Å². The topological polar surface area (TPSA) is 109 Å². The highest BCUT2D eigenvalue weighted by atomic mass is 32.1. The van der Waals surface area contributed by atoms with Gasteiger partial charge in [-0.25, -0.2) is 19.6 Å². The van der Waals surface area contributed by atoms with Crippen LogP contribution < -0.4 is 5.48 Å². The van der Waals surface area contributed by atoms with Crippen LogP contribution >= 0.6 is 11.3 Å². The van der Waals surface area contributed by atoms with E-state index in [1.54, 1.807) is 22.4 Å². The van der Waals surface area contributed by atoms with E-state index in [9.17, 15) is 14.0 Å². The Hall–Kier alpha value is -3.31. The SMILES string of the molecule is CONC(=O)c1csc(-c2c(-c3ccc(F)cc3)n[nH]c2C2CCN(C(=O)OC(C)(C)C)CC2)n1. The number of halogens is 1. The molecule has 3 heterocycles. The molecule has 2 aromatic heterocycles. The molecule has 2 amide bonds. The summed E-state index contributed by atoms with van der Waals surface area (Å²) in [5.74, 6) is -0.701. The molecule has 1 aromatic carbocycles. The zero-order valence-electron chi connectivity index (χ0n) is 20.1. The van der Waals surface area contributed by atoms with Crippen molar-refractivity contribution in [3.05, 3.63) is 46.9 Å². The molecule has 4 rings (SSSR count). The molecular weight excluding hydrogens is 473 g/mol. The number of hydrogen-bond acceptors (Lipinski definition) is 7. The fourth-order valence-corrected chi connectivity index (χ4v) is 4.86. The fourth-order valence-electron chi connectivity index (χ4n) is 4.00. The van der Waals surface area contributed by atoms with Crippen molar-refractivity contribution in [1.29, 1.82) is 0 Å². The summed E-state index contributed by atoms with van der Waals surface area (Å²) in [6.07, 6.45) is 1.10. The van der Waals surface area contributed by atoms with Gasteiger partial charge in [0.25, 0.3) is 5.91 Å². The smallest absolute Gasteiger partial charge is 0.410 e. The van der Waals surface area contributed by atoms with E-state index in [0.29, 0.717) is 36.6 Å². The summed E-state index contributed by atoms with van der Waals surface area (Å²) in [6, 6.07) is 6.09. The van der Waals surface area contributed by atoms with E-state index in [2.05, 4.69) is 20.7 Å². The average Bonchev–Trinajstić information content (AvgIpc) is 3.46. The normalized spacial score (nSPS) is 14.7. The first kappa shape index (κ1) is 24.8. The highest BCUT2D eigenvalue weighted by Gasteiger charge is 2.31. The Balaban J connectivity index is 1.64. The number of carbonyl (C=O) groups excluding carboxylic acids is 2. The van der Waals surface area contributed by atoms with Crippen LogP contribution in [0, 0.1) is 5.82 Å². The average molecular weight is 502 g/mol. The zero-order valence-corrected chi connectivity index (χ0v) is 20.9. The van der Waals surface area contributed by atoms with Crippen LogP contribution in [-0.2, 0) is 9.57 Å². The largest absolute Gasteiger partial charge is 0.444 e. The summed E-state index contributed by atoms with van der Waals surface area (Å²) in [7, 11) is 1.36. The first-order valence-corrected chi connectivity index (χ1v) is 12.2. The lowest BCUT2D eigenvalue weighted by atomic mass is 9.90.